The maximum absolute atomic E-state index is 11.8. The number of aliphatic imine (C=N–C) groups is 1. The Morgan fingerprint density at radius 3 is 2.38 bits per heavy atom. The maximum atomic E-state index is 11.8. The molecule has 0 atom stereocenters. The average Bonchev–Trinajstić information content (AvgIpc) is 2.52. The van der Waals surface area contributed by atoms with Crippen LogP contribution in [0.4, 0.5) is 0 Å². The van der Waals surface area contributed by atoms with E-state index in [1.54, 1.807) is 0 Å². The number of benzene rings is 1. The lowest BCUT2D eigenvalue weighted by atomic mass is 10.0. The van der Waals surface area contributed by atoms with Gasteiger partial charge in [0.1, 0.15) is 5.04 Å². The molecule has 0 amide bonds. The summed E-state index contributed by atoms with van der Waals surface area (Å²) in [6.07, 6.45) is 6.83. The first kappa shape index (κ1) is 19.7. The predicted octanol–water partition coefficient (Wildman–Crippen LogP) is 5.21. The first-order valence-electron chi connectivity index (χ1n) is 7.49. The number of unbranched alkanes of at least 4 members (excludes halogenated alkanes) is 1. The first-order chi connectivity index (χ1) is 10.2. The fraction of sp³-hybridized carbons (Fsp3) is 0.444. The molecule has 0 saturated heterocycles. The maximum Gasteiger partial charge on any atom is 0.187 e. The predicted molar refractivity (Wildman–Crippen MR) is 96.2 cm³/mol. The second-order valence-electron chi connectivity index (χ2n) is 4.44. The molecule has 0 aliphatic rings. The van der Waals surface area contributed by atoms with Gasteiger partial charge in [-0.15, -0.1) is 11.8 Å². The quantitative estimate of drug-likeness (QED) is 0.393. The van der Waals surface area contributed by atoms with Gasteiger partial charge in [0.2, 0.25) is 0 Å². The topological polar surface area (TPSA) is 29.4 Å². The molecular weight excluding hydrogens is 278 g/mol. The van der Waals surface area contributed by atoms with Gasteiger partial charge in [-0.1, -0.05) is 50.3 Å². The second kappa shape index (κ2) is 12.4. The molecule has 1 rings (SSSR count). The molecule has 0 saturated carbocycles. The Kier molecular flexibility index (Phi) is 11.6. The molecule has 0 unspecified atom stereocenters. The van der Waals surface area contributed by atoms with Crippen LogP contribution in [0.25, 0.3) is 0 Å². The molecule has 0 radical (unpaired) electrons. The van der Waals surface area contributed by atoms with Gasteiger partial charge in [0, 0.05) is 12.6 Å². The Morgan fingerprint density at radius 2 is 1.86 bits per heavy atom. The van der Waals surface area contributed by atoms with E-state index in [2.05, 4.69) is 42.8 Å². The highest BCUT2D eigenvalue weighted by atomic mass is 32.2. The van der Waals surface area contributed by atoms with Crippen molar-refractivity contribution in [3.63, 3.8) is 0 Å². The van der Waals surface area contributed by atoms with Crippen LogP contribution in [0.1, 0.15) is 44.2 Å². The zero-order valence-electron chi connectivity index (χ0n) is 13.7. The molecule has 0 spiro atoms. The van der Waals surface area contributed by atoms with E-state index in [1.807, 2.05) is 20.1 Å². The minimum atomic E-state index is 0.122. The summed E-state index contributed by atoms with van der Waals surface area (Å²) in [5.41, 5.74) is 2.62. The van der Waals surface area contributed by atoms with E-state index in [0.717, 1.165) is 19.3 Å². The van der Waals surface area contributed by atoms with Gasteiger partial charge < -0.3 is 0 Å². The van der Waals surface area contributed by atoms with Crippen LogP contribution in [-0.4, -0.2) is 17.1 Å². The van der Waals surface area contributed by atoms with Crippen LogP contribution in [-0.2, 0) is 11.2 Å². The number of aryl methyl sites for hydroxylation is 2. The van der Waals surface area contributed by atoms with Crippen molar-refractivity contribution < 1.29 is 4.79 Å². The van der Waals surface area contributed by atoms with E-state index in [0.29, 0.717) is 11.5 Å². The number of rotatable bonds is 7. The zero-order valence-corrected chi connectivity index (χ0v) is 14.5. The van der Waals surface area contributed by atoms with Crippen molar-refractivity contribution in [3.05, 3.63) is 48.2 Å². The van der Waals surface area contributed by atoms with E-state index in [-0.39, 0.29) is 5.78 Å². The van der Waals surface area contributed by atoms with Gasteiger partial charge in [-0.3, -0.25) is 4.79 Å². The van der Waals surface area contributed by atoms with Gasteiger partial charge in [0.05, 0.1) is 0 Å². The highest BCUT2D eigenvalue weighted by Gasteiger charge is 2.08. The minimum Gasteiger partial charge on any atom is -0.292 e. The van der Waals surface area contributed by atoms with E-state index in [4.69, 9.17) is 0 Å². The summed E-state index contributed by atoms with van der Waals surface area (Å²) >= 11 is 1.39. The SMILES string of the molecule is C=CN=C(SC)C(=O)CCCCc1ccc(C)cc1.CC. The van der Waals surface area contributed by atoms with Crippen molar-refractivity contribution in [1.29, 1.82) is 0 Å². The summed E-state index contributed by atoms with van der Waals surface area (Å²) < 4.78 is 0. The van der Waals surface area contributed by atoms with Crippen molar-refractivity contribution >= 4 is 22.6 Å². The molecular formula is C18H27NOS. The van der Waals surface area contributed by atoms with Gasteiger partial charge >= 0.3 is 0 Å². The van der Waals surface area contributed by atoms with Crippen LogP contribution < -0.4 is 0 Å². The largest absolute Gasteiger partial charge is 0.292 e. The van der Waals surface area contributed by atoms with Gasteiger partial charge in [0.25, 0.3) is 0 Å². The van der Waals surface area contributed by atoms with Crippen LogP contribution in [0.5, 0.6) is 0 Å². The Hall–Kier alpha value is -1.35. The summed E-state index contributed by atoms with van der Waals surface area (Å²) in [4.78, 5) is 15.8. The normalized spacial score (nSPS) is 10.6. The molecule has 0 heterocycles. The fourth-order valence-electron chi connectivity index (χ4n) is 1.80. The van der Waals surface area contributed by atoms with Crippen LogP contribution in [0.15, 0.2) is 42.0 Å². The molecule has 2 nitrogen and oxygen atoms in total. The number of carbonyl (C=O) groups is 1. The molecule has 3 heteroatoms. The highest BCUT2D eigenvalue weighted by molar-refractivity contribution is 8.15. The standard InChI is InChI=1S/C16H21NOS.C2H6/c1-4-17-16(19-3)15(18)8-6-5-7-14-11-9-13(2)10-12-14;1-2/h4,9-12H,1,5-8H2,2-3H3;1-2H3. The van der Waals surface area contributed by atoms with Crippen molar-refractivity contribution in [3.8, 4) is 0 Å². The Bertz CT molecular complexity index is 449. The van der Waals surface area contributed by atoms with Gasteiger partial charge in [-0.2, -0.15) is 0 Å². The van der Waals surface area contributed by atoms with Gasteiger partial charge in [-0.05, 0) is 38.0 Å². The number of hydrogen-bond acceptors (Lipinski definition) is 3. The molecule has 0 fully saturated rings. The van der Waals surface area contributed by atoms with Crippen LogP contribution in [0.3, 0.4) is 0 Å². The van der Waals surface area contributed by atoms with Crippen LogP contribution in [0, 0.1) is 6.92 Å². The van der Waals surface area contributed by atoms with E-state index < -0.39 is 0 Å². The third kappa shape index (κ3) is 8.51. The molecule has 0 aliphatic heterocycles. The molecule has 0 aliphatic carbocycles. The minimum absolute atomic E-state index is 0.122. The first-order valence-corrected chi connectivity index (χ1v) is 8.71. The van der Waals surface area contributed by atoms with Crippen molar-refractivity contribution in [2.24, 2.45) is 4.99 Å². The summed E-state index contributed by atoms with van der Waals surface area (Å²) in [5.74, 6) is 0.122. The number of nitrogens with zero attached hydrogens (tertiary/aromatic N) is 1. The van der Waals surface area contributed by atoms with E-state index >= 15 is 0 Å². The Balaban J connectivity index is 0.00000191. The molecule has 21 heavy (non-hydrogen) atoms. The van der Waals surface area contributed by atoms with E-state index in [1.165, 1.54) is 29.1 Å². The fourth-order valence-corrected chi connectivity index (χ4v) is 2.31. The van der Waals surface area contributed by atoms with Gasteiger partial charge in [-0.25, -0.2) is 4.99 Å². The Morgan fingerprint density at radius 1 is 1.24 bits per heavy atom. The average molecular weight is 305 g/mol. The Labute approximate surface area is 133 Å². The lowest BCUT2D eigenvalue weighted by Crippen LogP contribution is -2.09. The zero-order chi connectivity index (χ0) is 16.1. The molecule has 116 valence electrons. The van der Waals surface area contributed by atoms with E-state index in [9.17, 15) is 4.79 Å². The third-order valence-corrected chi connectivity index (χ3v) is 3.60. The third-order valence-electron chi connectivity index (χ3n) is 2.88. The molecule has 0 N–H and O–H groups in total. The number of hydrogen-bond donors (Lipinski definition) is 0. The summed E-state index contributed by atoms with van der Waals surface area (Å²) in [6.45, 7) is 9.61. The van der Waals surface area contributed by atoms with Gasteiger partial charge in [0.15, 0.2) is 5.78 Å². The number of thioether (sulfide) groups is 1. The number of Topliss-reactive ketones (excluding diaryl/α,β-unsaturated/α-hetero) is 1. The summed E-state index contributed by atoms with van der Waals surface area (Å²) in [6, 6.07) is 8.57. The van der Waals surface area contributed by atoms with Crippen molar-refractivity contribution in [2.75, 3.05) is 6.26 Å². The monoisotopic (exact) mass is 305 g/mol. The smallest absolute Gasteiger partial charge is 0.187 e. The number of ketones is 1. The van der Waals surface area contributed by atoms with Crippen LogP contribution >= 0.6 is 11.8 Å². The van der Waals surface area contributed by atoms with Crippen molar-refractivity contribution in [1.82, 2.24) is 0 Å². The molecule has 0 bridgehead atoms. The molecule has 1 aromatic carbocycles. The highest BCUT2D eigenvalue weighted by Crippen LogP contribution is 2.10. The summed E-state index contributed by atoms with van der Waals surface area (Å²) in [5, 5.41) is 0.560. The lowest BCUT2D eigenvalue weighted by Gasteiger charge is -2.03. The lowest BCUT2D eigenvalue weighted by molar-refractivity contribution is -0.112. The second-order valence-corrected chi connectivity index (χ2v) is 5.23. The molecule has 0 aromatic heterocycles. The van der Waals surface area contributed by atoms with Crippen LogP contribution in [0.2, 0.25) is 0 Å². The molecule has 1 aromatic rings. The van der Waals surface area contributed by atoms with Crippen molar-refractivity contribution in [2.45, 2.75) is 46.5 Å². The summed E-state index contributed by atoms with van der Waals surface area (Å²) in [7, 11) is 0. The number of carbonyl (C=O) groups excluding carboxylic acids is 1.